The number of rotatable bonds is 7. The fourth-order valence-electron chi connectivity index (χ4n) is 4.91. The maximum absolute atomic E-state index is 14.0. The maximum Gasteiger partial charge on any atom is 0.338 e. The van der Waals surface area contributed by atoms with E-state index in [-0.39, 0.29) is 23.3 Å². The number of fused-ring (bicyclic) bond motifs is 1. The number of hydrogen-bond acceptors (Lipinski definition) is 7. The van der Waals surface area contributed by atoms with Crippen molar-refractivity contribution in [1.29, 1.82) is 0 Å². The first kappa shape index (κ1) is 26.9. The van der Waals surface area contributed by atoms with Gasteiger partial charge in [-0.1, -0.05) is 84.1 Å². The zero-order valence-electron chi connectivity index (χ0n) is 22.4. The molecule has 0 saturated carbocycles. The van der Waals surface area contributed by atoms with E-state index in [0.717, 1.165) is 11.1 Å². The van der Waals surface area contributed by atoms with Crippen LogP contribution >= 0.6 is 11.3 Å². The minimum atomic E-state index is -1.03. The molecule has 5 aromatic rings. The lowest BCUT2D eigenvalue weighted by molar-refractivity contribution is -0.138. The van der Waals surface area contributed by atoms with Crippen LogP contribution in [0.15, 0.2) is 117 Å². The Morgan fingerprint density at radius 3 is 2.40 bits per heavy atom. The van der Waals surface area contributed by atoms with Gasteiger partial charge in [0.1, 0.15) is 11.5 Å². The summed E-state index contributed by atoms with van der Waals surface area (Å²) in [4.78, 5) is 44.1. The quantitative estimate of drug-likeness (QED) is 0.276. The Morgan fingerprint density at radius 2 is 1.69 bits per heavy atom. The van der Waals surface area contributed by atoms with Crippen LogP contribution in [0.5, 0.6) is 0 Å². The number of hydrogen-bond donors (Lipinski definition) is 1. The number of ether oxygens (including phenoxy) is 1. The summed E-state index contributed by atoms with van der Waals surface area (Å²) in [5, 5.41) is 9.33. The molecular weight excluding hydrogens is 552 g/mol. The van der Waals surface area contributed by atoms with Crippen LogP contribution in [-0.2, 0) is 9.53 Å². The van der Waals surface area contributed by atoms with E-state index in [4.69, 9.17) is 14.1 Å². The number of furan rings is 1. The minimum Gasteiger partial charge on any atom is -0.478 e. The first-order chi connectivity index (χ1) is 20.4. The third-order valence-electron chi connectivity index (χ3n) is 6.78. The van der Waals surface area contributed by atoms with Crippen molar-refractivity contribution in [2.75, 3.05) is 6.61 Å². The molecule has 0 fully saturated rings. The fourth-order valence-corrected chi connectivity index (χ4v) is 5.89. The highest BCUT2D eigenvalue weighted by Gasteiger charge is 2.35. The van der Waals surface area contributed by atoms with Crippen molar-refractivity contribution < 1.29 is 23.8 Å². The zero-order valence-corrected chi connectivity index (χ0v) is 23.2. The van der Waals surface area contributed by atoms with Gasteiger partial charge < -0.3 is 14.3 Å². The largest absolute Gasteiger partial charge is 0.478 e. The normalized spacial score (nSPS) is 14.8. The number of esters is 1. The molecule has 0 amide bonds. The van der Waals surface area contributed by atoms with Gasteiger partial charge in [-0.05, 0) is 36.8 Å². The molecule has 1 aliphatic heterocycles. The second-order valence-electron chi connectivity index (χ2n) is 9.43. The molecule has 1 atom stereocenters. The van der Waals surface area contributed by atoms with Crippen LogP contribution in [0.4, 0.5) is 0 Å². The Kier molecular flexibility index (Phi) is 7.24. The Labute approximate surface area is 243 Å². The molecular formula is C33H24N2O6S. The SMILES string of the molecule is CCOC(=O)C1=C(c2ccccc2)N=c2s/c(=C\c3ccc(-c4cccc(C(=O)O)c4)o3)c(=O)n2C1c1ccccc1. The first-order valence-corrected chi connectivity index (χ1v) is 14.0. The molecule has 208 valence electrons. The molecule has 1 N–H and O–H groups in total. The van der Waals surface area contributed by atoms with E-state index < -0.39 is 18.0 Å². The summed E-state index contributed by atoms with van der Waals surface area (Å²) in [6, 6.07) is 27.8. The highest BCUT2D eigenvalue weighted by molar-refractivity contribution is 7.07. The van der Waals surface area contributed by atoms with Gasteiger partial charge in [0.25, 0.3) is 5.56 Å². The van der Waals surface area contributed by atoms with Crippen LogP contribution in [0.3, 0.4) is 0 Å². The van der Waals surface area contributed by atoms with Crippen molar-refractivity contribution in [3.8, 4) is 11.3 Å². The molecule has 0 spiro atoms. The highest BCUT2D eigenvalue weighted by Crippen LogP contribution is 2.35. The Morgan fingerprint density at radius 1 is 0.976 bits per heavy atom. The van der Waals surface area contributed by atoms with Crippen LogP contribution in [0.2, 0.25) is 0 Å². The topological polar surface area (TPSA) is 111 Å². The van der Waals surface area contributed by atoms with Gasteiger partial charge in [0.05, 0.1) is 34.0 Å². The fraction of sp³-hybridized carbons (Fsp3) is 0.0909. The van der Waals surface area contributed by atoms with E-state index in [1.54, 1.807) is 37.3 Å². The van der Waals surface area contributed by atoms with Crippen molar-refractivity contribution in [2.45, 2.75) is 13.0 Å². The number of aromatic nitrogens is 1. The summed E-state index contributed by atoms with van der Waals surface area (Å²) in [5.41, 5.74) is 2.64. The Balaban J connectivity index is 1.53. The first-order valence-electron chi connectivity index (χ1n) is 13.2. The van der Waals surface area contributed by atoms with E-state index in [1.165, 1.54) is 28.0 Å². The van der Waals surface area contributed by atoms with Gasteiger partial charge >= 0.3 is 11.9 Å². The van der Waals surface area contributed by atoms with Crippen molar-refractivity contribution in [3.63, 3.8) is 0 Å². The Bertz CT molecular complexity index is 2020. The summed E-state index contributed by atoms with van der Waals surface area (Å²) in [5.74, 6) is -0.687. The molecule has 0 aliphatic carbocycles. The lowest BCUT2D eigenvalue weighted by Gasteiger charge is -2.25. The van der Waals surface area contributed by atoms with E-state index in [9.17, 15) is 19.5 Å². The average molecular weight is 577 g/mol. The molecule has 3 aromatic carbocycles. The number of nitrogens with zero attached hydrogens (tertiary/aromatic N) is 2. The number of aromatic carboxylic acids is 1. The van der Waals surface area contributed by atoms with E-state index >= 15 is 0 Å². The standard InChI is InChI=1S/C33H24N2O6S/c1-2-40-32(39)27-28(20-10-5-3-6-11-20)34-33-35(29(27)21-12-7-4-8-13-21)30(36)26(42-33)19-24-16-17-25(41-24)22-14-9-15-23(18-22)31(37)38/h3-19,29H,2H2,1H3,(H,37,38)/b26-19-. The highest BCUT2D eigenvalue weighted by atomic mass is 32.1. The molecule has 0 bridgehead atoms. The second-order valence-corrected chi connectivity index (χ2v) is 10.4. The van der Waals surface area contributed by atoms with Crippen LogP contribution < -0.4 is 14.9 Å². The average Bonchev–Trinajstić information content (AvgIpc) is 3.61. The minimum absolute atomic E-state index is 0.145. The molecule has 0 saturated heterocycles. The van der Waals surface area contributed by atoms with Gasteiger partial charge in [0, 0.05) is 17.2 Å². The summed E-state index contributed by atoms with van der Waals surface area (Å²) in [6.07, 6.45) is 1.63. The van der Waals surface area contributed by atoms with Crippen molar-refractivity contribution in [2.24, 2.45) is 4.99 Å². The second kappa shape index (κ2) is 11.3. The molecule has 2 aromatic heterocycles. The van der Waals surface area contributed by atoms with Crippen LogP contribution in [-0.4, -0.2) is 28.2 Å². The maximum atomic E-state index is 14.0. The van der Waals surface area contributed by atoms with Crippen LogP contribution in [0.25, 0.3) is 23.1 Å². The van der Waals surface area contributed by atoms with Crippen molar-refractivity contribution in [3.05, 3.63) is 145 Å². The molecule has 6 rings (SSSR count). The predicted octanol–water partition coefficient (Wildman–Crippen LogP) is 4.89. The molecule has 42 heavy (non-hydrogen) atoms. The van der Waals surface area contributed by atoms with Gasteiger partial charge in [-0.2, -0.15) is 0 Å². The molecule has 3 heterocycles. The van der Waals surface area contributed by atoms with Gasteiger partial charge in [0.15, 0.2) is 4.80 Å². The van der Waals surface area contributed by atoms with Gasteiger partial charge in [-0.3, -0.25) is 9.36 Å². The van der Waals surface area contributed by atoms with Gasteiger partial charge in [0.2, 0.25) is 0 Å². The number of carboxylic acids is 1. The lowest BCUT2D eigenvalue weighted by Crippen LogP contribution is -2.39. The van der Waals surface area contributed by atoms with Gasteiger partial charge in [-0.15, -0.1) is 0 Å². The third-order valence-corrected chi connectivity index (χ3v) is 7.77. The number of carbonyl (C=O) groups excluding carboxylic acids is 1. The van der Waals surface area contributed by atoms with E-state index in [2.05, 4.69) is 0 Å². The van der Waals surface area contributed by atoms with Crippen molar-refractivity contribution >= 4 is 35.0 Å². The molecule has 9 heteroatoms. The summed E-state index contributed by atoms with van der Waals surface area (Å²) in [6.45, 7) is 1.91. The molecule has 1 aliphatic rings. The zero-order chi connectivity index (χ0) is 29.2. The Hall–Kier alpha value is -5.28. The number of carboxylic acid groups (broad SMARTS) is 1. The monoisotopic (exact) mass is 576 g/mol. The smallest absolute Gasteiger partial charge is 0.338 e. The number of carbonyl (C=O) groups is 2. The molecule has 1 unspecified atom stereocenters. The lowest BCUT2D eigenvalue weighted by atomic mass is 9.93. The molecule has 0 radical (unpaired) electrons. The summed E-state index contributed by atoms with van der Waals surface area (Å²) >= 11 is 1.20. The predicted molar refractivity (Wildman–Crippen MR) is 159 cm³/mol. The van der Waals surface area contributed by atoms with Crippen LogP contribution in [0.1, 0.15) is 40.2 Å². The van der Waals surface area contributed by atoms with E-state index in [0.29, 0.717) is 32.1 Å². The molecule has 8 nitrogen and oxygen atoms in total. The number of benzene rings is 3. The van der Waals surface area contributed by atoms with E-state index in [1.807, 2.05) is 60.7 Å². The van der Waals surface area contributed by atoms with Crippen LogP contribution in [0, 0.1) is 0 Å². The van der Waals surface area contributed by atoms with Gasteiger partial charge in [-0.25, -0.2) is 14.6 Å². The summed E-state index contributed by atoms with van der Waals surface area (Å²) < 4.78 is 13.4. The summed E-state index contributed by atoms with van der Waals surface area (Å²) in [7, 11) is 0. The number of thiazole rings is 1. The third kappa shape index (κ3) is 5.02. The van der Waals surface area contributed by atoms with Crippen molar-refractivity contribution in [1.82, 2.24) is 4.57 Å².